The van der Waals surface area contributed by atoms with Gasteiger partial charge in [0.1, 0.15) is 11.0 Å². The molecule has 0 N–H and O–H groups in total. The molecule has 61 heavy (non-hydrogen) atoms. The third-order valence-electron chi connectivity index (χ3n) is 12.1. The summed E-state index contributed by atoms with van der Waals surface area (Å²) in [6.07, 6.45) is 3.64. The number of nitrogens with zero attached hydrogens (tertiary/aromatic N) is 4. The van der Waals surface area contributed by atoms with Crippen LogP contribution < -0.4 is 0 Å². The van der Waals surface area contributed by atoms with E-state index in [0.29, 0.717) is 0 Å². The van der Waals surface area contributed by atoms with Crippen molar-refractivity contribution in [2.75, 3.05) is 0 Å². The van der Waals surface area contributed by atoms with Crippen molar-refractivity contribution in [3.8, 4) is 61.3 Å². The van der Waals surface area contributed by atoms with Gasteiger partial charge in [-0.05, 0) is 166 Å². The minimum Gasteiger partial charge on any atom is -0.265 e. The molecule has 12 rings (SSSR count). The molecule has 0 aliphatic rings. The normalized spacial score (nSPS) is 11.6. The number of hydrogen-bond donors (Lipinski definition) is 0. The Morgan fingerprint density at radius 1 is 0.279 bits per heavy atom. The lowest BCUT2D eigenvalue weighted by atomic mass is 9.93. The Kier molecular flexibility index (Phi) is 8.13. The van der Waals surface area contributed by atoms with Crippen molar-refractivity contribution in [3.63, 3.8) is 0 Å². The second-order valence-electron chi connectivity index (χ2n) is 15.8. The summed E-state index contributed by atoms with van der Waals surface area (Å²) in [5.74, 6) is 0. The van der Waals surface area contributed by atoms with E-state index in [-0.39, 0.29) is 0 Å². The predicted molar refractivity (Wildman–Crippen MR) is 254 cm³/mol. The lowest BCUT2D eigenvalue weighted by Gasteiger charge is -2.11. The van der Waals surface area contributed by atoms with E-state index in [4.69, 9.17) is 10.2 Å². The average molecular weight is 777 g/mol. The van der Waals surface area contributed by atoms with E-state index in [9.17, 15) is 0 Å². The Bertz CT molecular complexity index is 3660. The van der Waals surface area contributed by atoms with Gasteiger partial charge in [0.15, 0.2) is 0 Å². The molecule has 0 aliphatic carbocycles. The van der Waals surface area contributed by atoms with E-state index in [0.717, 1.165) is 50.1 Å². The lowest BCUT2D eigenvalue weighted by Crippen LogP contribution is -1.98. The molecule has 2 heterocycles. The summed E-state index contributed by atoms with van der Waals surface area (Å²) in [7, 11) is 0. The monoisotopic (exact) mass is 776 g/mol. The molecule has 0 aliphatic heterocycles. The summed E-state index contributed by atoms with van der Waals surface area (Å²) >= 11 is 0. The fourth-order valence-corrected chi connectivity index (χ4v) is 8.81. The van der Waals surface area contributed by atoms with Gasteiger partial charge in [-0.1, -0.05) is 133 Å². The average Bonchev–Trinajstić information content (AvgIpc) is 3.78. The fraction of sp³-hybridized carbons (Fsp3) is 0. The molecular weight excluding hydrogens is 741 g/mol. The van der Waals surface area contributed by atoms with Crippen molar-refractivity contribution in [1.82, 2.24) is 20.0 Å². The van der Waals surface area contributed by atoms with Crippen LogP contribution >= 0.6 is 0 Å². The van der Waals surface area contributed by atoms with Crippen LogP contribution in [0, 0.1) is 0 Å². The standard InChI is InChI=1S/C57H36N4/c1-3-8-40-28-43(14-12-37(40)6-1)45-16-17-48-32-51(21-20-47(48)30-45)53-35-55(57-56(36-53)59-61(60-57)54-11-5-10-42(34-54)39-24-26-58-27-25-39)52-23-22-49-31-46(18-19-50(49)33-52)44-15-13-38-7-2-4-9-41(38)29-44/h1-36H. The van der Waals surface area contributed by atoms with Crippen molar-refractivity contribution in [3.05, 3.63) is 219 Å². The van der Waals surface area contributed by atoms with Gasteiger partial charge in [-0.3, -0.25) is 4.98 Å². The third-order valence-corrected chi connectivity index (χ3v) is 12.1. The van der Waals surface area contributed by atoms with Crippen LogP contribution in [0.3, 0.4) is 0 Å². The van der Waals surface area contributed by atoms with Gasteiger partial charge in [-0.15, -0.1) is 10.2 Å². The largest absolute Gasteiger partial charge is 0.265 e. The molecule has 2 aromatic heterocycles. The summed E-state index contributed by atoms with van der Waals surface area (Å²) < 4.78 is 0. The Labute approximate surface area is 352 Å². The summed E-state index contributed by atoms with van der Waals surface area (Å²) in [5.41, 5.74) is 13.9. The van der Waals surface area contributed by atoms with Crippen LogP contribution in [0.15, 0.2) is 219 Å². The number of hydrogen-bond acceptors (Lipinski definition) is 3. The van der Waals surface area contributed by atoms with Crippen molar-refractivity contribution >= 4 is 54.1 Å². The van der Waals surface area contributed by atoms with Crippen molar-refractivity contribution < 1.29 is 0 Å². The van der Waals surface area contributed by atoms with Gasteiger partial charge < -0.3 is 0 Å². The first kappa shape index (κ1) is 34.8. The van der Waals surface area contributed by atoms with Crippen LogP contribution in [0.2, 0.25) is 0 Å². The number of fused-ring (bicyclic) bond motifs is 5. The molecule has 0 radical (unpaired) electrons. The molecule has 0 fully saturated rings. The summed E-state index contributed by atoms with van der Waals surface area (Å²) in [4.78, 5) is 5.98. The minimum atomic E-state index is 0.834. The molecule has 0 spiro atoms. The quantitative estimate of drug-likeness (QED) is 0.169. The van der Waals surface area contributed by atoms with Crippen molar-refractivity contribution in [2.24, 2.45) is 0 Å². The highest BCUT2D eigenvalue weighted by Crippen LogP contribution is 2.37. The highest BCUT2D eigenvalue weighted by molar-refractivity contribution is 6.01. The molecule has 12 aromatic rings. The Morgan fingerprint density at radius 3 is 1.28 bits per heavy atom. The highest BCUT2D eigenvalue weighted by atomic mass is 15.5. The maximum absolute atomic E-state index is 5.19. The molecule has 0 bridgehead atoms. The van der Waals surface area contributed by atoms with Crippen LogP contribution in [-0.4, -0.2) is 20.0 Å². The zero-order valence-corrected chi connectivity index (χ0v) is 33.1. The maximum atomic E-state index is 5.19. The minimum absolute atomic E-state index is 0.834. The Morgan fingerprint density at radius 2 is 0.721 bits per heavy atom. The molecule has 0 unspecified atom stereocenters. The van der Waals surface area contributed by atoms with Gasteiger partial charge in [0.25, 0.3) is 0 Å². The zero-order chi connectivity index (χ0) is 40.3. The summed E-state index contributed by atoms with van der Waals surface area (Å²) in [6.45, 7) is 0. The third kappa shape index (κ3) is 6.39. The van der Waals surface area contributed by atoms with Gasteiger partial charge in [0.05, 0.1) is 5.69 Å². The predicted octanol–water partition coefficient (Wildman–Crippen LogP) is 14.8. The topological polar surface area (TPSA) is 43.6 Å². The molecule has 4 nitrogen and oxygen atoms in total. The number of benzene rings is 10. The van der Waals surface area contributed by atoms with Crippen molar-refractivity contribution in [2.45, 2.75) is 0 Å². The van der Waals surface area contributed by atoms with E-state index in [1.54, 1.807) is 4.80 Å². The first-order chi connectivity index (χ1) is 30.1. The highest BCUT2D eigenvalue weighted by Gasteiger charge is 2.16. The first-order valence-corrected chi connectivity index (χ1v) is 20.6. The molecule has 4 heteroatoms. The van der Waals surface area contributed by atoms with Crippen LogP contribution in [0.25, 0.3) is 115 Å². The molecule has 10 aromatic carbocycles. The Hall–Kier alpha value is -8.21. The van der Waals surface area contributed by atoms with Gasteiger partial charge in [0.2, 0.25) is 0 Å². The van der Waals surface area contributed by atoms with E-state index < -0.39 is 0 Å². The van der Waals surface area contributed by atoms with Gasteiger partial charge in [-0.2, -0.15) is 4.80 Å². The number of pyridine rings is 1. The van der Waals surface area contributed by atoms with Gasteiger partial charge >= 0.3 is 0 Å². The Balaban J connectivity index is 0.963. The lowest BCUT2D eigenvalue weighted by molar-refractivity contribution is 0.766. The van der Waals surface area contributed by atoms with Gasteiger partial charge in [0, 0.05) is 18.0 Å². The second kappa shape index (κ2) is 14.3. The number of aromatic nitrogens is 4. The van der Waals surface area contributed by atoms with E-state index >= 15 is 0 Å². The molecule has 0 amide bonds. The maximum Gasteiger partial charge on any atom is 0.121 e. The SMILES string of the molecule is c1cc(-c2ccncc2)cc(-n2nc3cc(-c4ccc5cc(-c6ccc7ccccc7c6)ccc5c4)cc(-c4ccc5cc(-c6ccc7ccccc7c6)ccc5c4)c3n2)c1. The molecule has 0 saturated heterocycles. The second-order valence-corrected chi connectivity index (χ2v) is 15.8. The molecule has 0 saturated carbocycles. The van der Waals surface area contributed by atoms with Crippen LogP contribution in [0.4, 0.5) is 0 Å². The van der Waals surface area contributed by atoms with Crippen LogP contribution in [0.5, 0.6) is 0 Å². The fourth-order valence-electron chi connectivity index (χ4n) is 8.81. The van der Waals surface area contributed by atoms with Crippen LogP contribution in [0.1, 0.15) is 0 Å². The van der Waals surface area contributed by atoms with E-state index in [1.807, 2.05) is 24.5 Å². The molecular formula is C57H36N4. The van der Waals surface area contributed by atoms with E-state index in [2.05, 4.69) is 199 Å². The van der Waals surface area contributed by atoms with Crippen LogP contribution in [-0.2, 0) is 0 Å². The summed E-state index contributed by atoms with van der Waals surface area (Å²) in [6, 6.07) is 74.4. The first-order valence-electron chi connectivity index (χ1n) is 20.6. The van der Waals surface area contributed by atoms with Gasteiger partial charge in [-0.25, -0.2) is 0 Å². The number of rotatable bonds is 6. The summed E-state index contributed by atoms with van der Waals surface area (Å²) in [5, 5.41) is 20.1. The smallest absolute Gasteiger partial charge is 0.121 e. The van der Waals surface area contributed by atoms with E-state index in [1.165, 1.54) is 65.3 Å². The molecule has 284 valence electrons. The van der Waals surface area contributed by atoms with Crippen molar-refractivity contribution in [1.29, 1.82) is 0 Å². The zero-order valence-electron chi connectivity index (χ0n) is 33.1. The molecule has 0 atom stereocenters.